The van der Waals surface area contributed by atoms with Gasteiger partial charge in [0.25, 0.3) is 0 Å². The lowest BCUT2D eigenvalue weighted by molar-refractivity contribution is -0.198. The van der Waals surface area contributed by atoms with Gasteiger partial charge in [-0.1, -0.05) is 25.2 Å². The predicted molar refractivity (Wildman–Crippen MR) is 78.4 cm³/mol. The van der Waals surface area contributed by atoms with Crippen LogP contribution in [-0.2, 0) is 19.1 Å². The van der Waals surface area contributed by atoms with Crippen molar-refractivity contribution >= 4 is 11.9 Å². The van der Waals surface area contributed by atoms with E-state index in [2.05, 4.69) is 0 Å². The van der Waals surface area contributed by atoms with Gasteiger partial charge < -0.3 is 14.6 Å². The molecule has 3 aliphatic rings. The van der Waals surface area contributed by atoms with Crippen molar-refractivity contribution in [2.45, 2.75) is 39.4 Å². The highest BCUT2D eigenvalue weighted by Crippen LogP contribution is 2.56. The number of hydrogen-bond donors (Lipinski definition) is 1. The second-order valence-electron chi connectivity index (χ2n) is 6.60. The zero-order valence-electron chi connectivity index (χ0n) is 13.0. The predicted octanol–water partition coefficient (Wildman–Crippen LogP) is 2.02. The van der Waals surface area contributed by atoms with E-state index in [-0.39, 0.29) is 23.9 Å². The number of rotatable bonds is 2. The first-order valence-corrected chi connectivity index (χ1v) is 7.43. The van der Waals surface area contributed by atoms with E-state index >= 15 is 0 Å². The third kappa shape index (κ3) is 2.20. The topological polar surface area (TPSA) is 72.8 Å². The Hall–Kier alpha value is -1.88. The maximum Gasteiger partial charge on any atom is 0.336 e. The lowest BCUT2D eigenvalue weighted by Gasteiger charge is -2.47. The van der Waals surface area contributed by atoms with Crippen molar-refractivity contribution < 1.29 is 24.2 Å². The molecule has 1 heterocycles. The van der Waals surface area contributed by atoms with Crippen molar-refractivity contribution in [1.82, 2.24) is 0 Å². The quantitative estimate of drug-likeness (QED) is 0.790. The highest BCUT2D eigenvalue weighted by molar-refractivity contribution is 5.92. The Kier molecular flexibility index (Phi) is 3.29. The molecule has 1 aliphatic heterocycles. The van der Waals surface area contributed by atoms with E-state index in [0.29, 0.717) is 24.0 Å². The average molecular weight is 304 g/mol. The van der Waals surface area contributed by atoms with Crippen molar-refractivity contribution in [2.24, 2.45) is 11.3 Å². The number of hydrogen-bond acceptors (Lipinski definition) is 5. The van der Waals surface area contributed by atoms with E-state index in [0.717, 1.165) is 5.57 Å². The summed E-state index contributed by atoms with van der Waals surface area (Å²) in [5.74, 6) is -2.19. The van der Waals surface area contributed by atoms with Crippen molar-refractivity contribution in [1.29, 1.82) is 0 Å². The fraction of sp³-hybridized carbons (Fsp3) is 0.529. The Morgan fingerprint density at radius 1 is 1.55 bits per heavy atom. The SMILES string of the molecule is CC(=O)OCC1=CC=C[C@@]2(C)C[C@]3(O)OC(=O)C(C)=C3C[C@@H]12. The van der Waals surface area contributed by atoms with E-state index < -0.39 is 11.8 Å². The average Bonchev–Trinajstić information content (AvgIpc) is 2.62. The molecule has 5 nitrogen and oxygen atoms in total. The molecule has 1 fully saturated rings. The van der Waals surface area contributed by atoms with Gasteiger partial charge in [-0.05, 0) is 30.3 Å². The molecular weight excluding hydrogens is 284 g/mol. The molecule has 0 aromatic heterocycles. The van der Waals surface area contributed by atoms with Gasteiger partial charge in [0.1, 0.15) is 6.61 Å². The second kappa shape index (κ2) is 4.81. The van der Waals surface area contributed by atoms with Crippen LogP contribution in [0.3, 0.4) is 0 Å². The highest BCUT2D eigenvalue weighted by Gasteiger charge is 2.56. The van der Waals surface area contributed by atoms with Crippen LogP contribution >= 0.6 is 0 Å². The Balaban J connectivity index is 1.94. The first kappa shape index (κ1) is 15.0. The molecule has 0 spiro atoms. The summed E-state index contributed by atoms with van der Waals surface area (Å²) >= 11 is 0. The Morgan fingerprint density at radius 2 is 2.27 bits per heavy atom. The van der Waals surface area contributed by atoms with Crippen molar-refractivity contribution in [3.05, 3.63) is 34.9 Å². The molecule has 1 N–H and O–H groups in total. The molecule has 0 bridgehead atoms. The smallest absolute Gasteiger partial charge is 0.336 e. The first-order chi connectivity index (χ1) is 10.3. The van der Waals surface area contributed by atoms with Crippen LogP contribution < -0.4 is 0 Å². The van der Waals surface area contributed by atoms with Crippen LogP contribution in [0.2, 0.25) is 0 Å². The van der Waals surface area contributed by atoms with Gasteiger partial charge in [-0.2, -0.15) is 0 Å². The summed E-state index contributed by atoms with van der Waals surface area (Å²) in [7, 11) is 0. The van der Waals surface area contributed by atoms with Crippen LogP contribution in [0, 0.1) is 11.3 Å². The number of ether oxygens (including phenoxy) is 2. The van der Waals surface area contributed by atoms with Gasteiger partial charge in [0.05, 0.1) is 0 Å². The lowest BCUT2D eigenvalue weighted by Crippen LogP contribution is -2.47. The normalized spacial score (nSPS) is 36.5. The van der Waals surface area contributed by atoms with Crippen LogP contribution in [0.4, 0.5) is 0 Å². The summed E-state index contributed by atoms with van der Waals surface area (Å²) in [5.41, 5.74) is 1.81. The Morgan fingerprint density at radius 3 is 2.95 bits per heavy atom. The van der Waals surface area contributed by atoms with Gasteiger partial charge in [-0.3, -0.25) is 4.79 Å². The molecule has 0 aromatic carbocycles. The zero-order valence-corrected chi connectivity index (χ0v) is 13.0. The number of fused-ring (bicyclic) bond motifs is 2. The first-order valence-electron chi connectivity index (χ1n) is 7.43. The van der Waals surface area contributed by atoms with Gasteiger partial charge in [-0.15, -0.1) is 0 Å². The zero-order chi connectivity index (χ0) is 16.1. The van der Waals surface area contributed by atoms with Crippen molar-refractivity contribution in [3.63, 3.8) is 0 Å². The summed E-state index contributed by atoms with van der Waals surface area (Å²) < 4.78 is 10.4. The molecule has 2 aliphatic carbocycles. The van der Waals surface area contributed by atoms with E-state index in [1.165, 1.54) is 6.92 Å². The van der Waals surface area contributed by atoms with E-state index in [1.807, 2.05) is 25.2 Å². The monoisotopic (exact) mass is 304 g/mol. The summed E-state index contributed by atoms with van der Waals surface area (Å²) in [6, 6.07) is 0. The van der Waals surface area contributed by atoms with Crippen molar-refractivity contribution in [2.75, 3.05) is 6.61 Å². The minimum absolute atomic E-state index is 0.0802. The summed E-state index contributed by atoms with van der Waals surface area (Å²) in [6.07, 6.45) is 6.74. The van der Waals surface area contributed by atoms with Crippen LogP contribution in [0.1, 0.15) is 33.6 Å². The third-order valence-electron chi connectivity index (χ3n) is 4.99. The molecule has 3 atom stereocenters. The number of aliphatic hydroxyl groups is 1. The molecule has 1 saturated carbocycles. The minimum atomic E-state index is -1.50. The number of allylic oxidation sites excluding steroid dienone is 3. The molecule has 22 heavy (non-hydrogen) atoms. The Bertz CT molecular complexity index is 641. The molecule has 5 heteroatoms. The fourth-order valence-electron chi connectivity index (χ4n) is 3.81. The molecule has 118 valence electrons. The van der Waals surface area contributed by atoms with E-state index in [9.17, 15) is 14.7 Å². The molecule has 0 aromatic rings. The number of carbonyl (C=O) groups is 2. The maximum absolute atomic E-state index is 11.8. The number of esters is 2. The van der Waals surface area contributed by atoms with Gasteiger partial charge >= 0.3 is 11.9 Å². The summed E-state index contributed by atoms with van der Waals surface area (Å²) in [6.45, 7) is 5.34. The van der Waals surface area contributed by atoms with Gasteiger partial charge in [0, 0.05) is 24.5 Å². The molecule has 0 unspecified atom stereocenters. The van der Waals surface area contributed by atoms with Gasteiger partial charge in [0.2, 0.25) is 5.79 Å². The van der Waals surface area contributed by atoms with Crippen LogP contribution in [0.15, 0.2) is 34.9 Å². The third-order valence-corrected chi connectivity index (χ3v) is 4.99. The molecule has 0 radical (unpaired) electrons. The van der Waals surface area contributed by atoms with E-state index in [4.69, 9.17) is 9.47 Å². The largest absolute Gasteiger partial charge is 0.461 e. The minimum Gasteiger partial charge on any atom is -0.461 e. The maximum atomic E-state index is 11.8. The summed E-state index contributed by atoms with van der Waals surface area (Å²) in [5, 5.41) is 10.7. The highest BCUT2D eigenvalue weighted by atomic mass is 16.7. The van der Waals surface area contributed by atoms with Crippen LogP contribution in [0.25, 0.3) is 0 Å². The molecule has 0 amide bonds. The van der Waals surface area contributed by atoms with Gasteiger partial charge in [0.15, 0.2) is 0 Å². The molecule has 3 rings (SSSR count). The molecular formula is C17H20O5. The number of carbonyl (C=O) groups excluding carboxylic acids is 2. The second-order valence-corrected chi connectivity index (χ2v) is 6.60. The van der Waals surface area contributed by atoms with E-state index in [1.54, 1.807) is 6.92 Å². The Labute approximate surface area is 129 Å². The van der Waals surface area contributed by atoms with Crippen molar-refractivity contribution in [3.8, 4) is 0 Å². The molecule has 0 saturated heterocycles. The van der Waals surface area contributed by atoms with Gasteiger partial charge in [-0.25, -0.2) is 4.79 Å². The standard InChI is InChI=1S/C17H20O5/c1-10-13-7-14-12(8-21-11(2)18)5-4-6-16(14,3)9-17(13,20)22-15(10)19/h4-6,14,20H,7-9H2,1-3H3/t14-,16-,17-/m0/s1. The summed E-state index contributed by atoms with van der Waals surface area (Å²) in [4.78, 5) is 22.9. The van der Waals surface area contributed by atoms with Crippen LogP contribution in [0.5, 0.6) is 0 Å². The van der Waals surface area contributed by atoms with Crippen LogP contribution in [-0.4, -0.2) is 29.4 Å². The lowest BCUT2D eigenvalue weighted by atomic mass is 9.59. The fourth-order valence-corrected chi connectivity index (χ4v) is 3.81.